The standard InChI is InChI=1S/C15H20N2O4/c1-17(10-11-6-3-4-7-12(11)21-2)14(20)16-15(13(18)19)8-5-9-15/h3-4,6-7H,5,8-10H2,1-2H3,(H,16,20)(H,18,19). The third kappa shape index (κ3) is 3.09. The van der Waals surface area contributed by atoms with Gasteiger partial charge in [-0.15, -0.1) is 0 Å². The fourth-order valence-electron chi connectivity index (χ4n) is 2.38. The van der Waals surface area contributed by atoms with Gasteiger partial charge in [0.05, 0.1) is 13.7 Å². The molecule has 0 atom stereocenters. The van der Waals surface area contributed by atoms with Crippen molar-refractivity contribution in [3.8, 4) is 5.75 Å². The molecule has 114 valence electrons. The van der Waals surface area contributed by atoms with Crippen molar-refractivity contribution in [3.05, 3.63) is 29.8 Å². The molecule has 1 saturated carbocycles. The Morgan fingerprint density at radius 1 is 1.38 bits per heavy atom. The third-order valence-corrected chi connectivity index (χ3v) is 3.91. The van der Waals surface area contributed by atoms with Crippen molar-refractivity contribution in [2.45, 2.75) is 31.3 Å². The first-order valence-corrected chi connectivity index (χ1v) is 6.87. The normalized spacial score (nSPS) is 15.7. The van der Waals surface area contributed by atoms with Crippen molar-refractivity contribution in [2.75, 3.05) is 14.2 Å². The van der Waals surface area contributed by atoms with Gasteiger partial charge in [0.25, 0.3) is 0 Å². The largest absolute Gasteiger partial charge is 0.496 e. The molecule has 1 aliphatic rings. The van der Waals surface area contributed by atoms with E-state index >= 15 is 0 Å². The summed E-state index contributed by atoms with van der Waals surface area (Å²) >= 11 is 0. The van der Waals surface area contributed by atoms with Gasteiger partial charge in [-0.1, -0.05) is 18.2 Å². The lowest BCUT2D eigenvalue weighted by atomic mass is 9.77. The van der Waals surface area contributed by atoms with Crippen LogP contribution in [0.2, 0.25) is 0 Å². The first kappa shape index (κ1) is 15.2. The minimum atomic E-state index is -1.09. The number of carboxylic acids is 1. The lowest BCUT2D eigenvalue weighted by Crippen LogP contribution is -2.61. The van der Waals surface area contributed by atoms with Crippen LogP contribution in [-0.4, -0.2) is 41.7 Å². The van der Waals surface area contributed by atoms with Gasteiger partial charge in [0, 0.05) is 12.6 Å². The first-order valence-electron chi connectivity index (χ1n) is 6.87. The molecule has 0 heterocycles. The summed E-state index contributed by atoms with van der Waals surface area (Å²) in [6.45, 7) is 0.353. The van der Waals surface area contributed by atoms with E-state index in [0.29, 0.717) is 25.1 Å². The molecule has 0 aromatic heterocycles. The molecule has 21 heavy (non-hydrogen) atoms. The van der Waals surface area contributed by atoms with Crippen molar-refractivity contribution in [3.63, 3.8) is 0 Å². The molecule has 0 radical (unpaired) electrons. The monoisotopic (exact) mass is 292 g/mol. The second-order valence-electron chi connectivity index (χ2n) is 5.34. The van der Waals surface area contributed by atoms with E-state index in [9.17, 15) is 14.7 Å². The Labute approximate surface area is 123 Å². The van der Waals surface area contributed by atoms with Crippen LogP contribution < -0.4 is 10.1 Å². The van der Waals surface area contributed by atoms with Gasteiger partial charge >= 0.3 is 12.0 Å². The molecule has 0 bridgehead atoms. The number of carbonyl (C=O) groups is 2. The molecular formula is C15H20N2O4. The van der Waals surface area contributed by atoms with Crippen LogP contribution in [0, 0.1) is 0 Å². The Morgan fingerprint density at radius 2 is 2.05 bits per heavy atom. The average Bonchev–Trinajstić information content (AvgIpc) is 2.42. The summed E-state index contributed by atoms with van der Waals surface area (Å²) in [5.41, 5.74) is -0.220. The number of ether oxygens (including phenoxy) is 1. The number of nitrogens with zero attached hydrogens (tertiary/aromatic N) is 1. The Morgan fingerprint density at radius 3 is 2.57 bits per heavy atom. The zero-order valence-electron chi connectivity index (χ0n) is 12.3. The molecule has 6 nitrogen and oxygen atoms in total. The molecule has 2 amide bonds. The van der Waals surface area contributed by atoms with Crippen LogP contribution in [0.1, 0.15) is 24.8 Å². The molecule has 1 aromatic rings. The van der Waals surface area contributed by atoms with Gasteiger partial charge in [-0.2, -0.15) is 0 Å². The summed E-state index contributed by atoms with van der Waals surface area (Å²) in [7, 11) is 3.21. The van der Waals surface area contributed by atoms with Gasteiger partial charge in [-0.25, -0.2) is 9.59 Å². The fourth-order valence-corrected chi connectivity index (χ4v) is 2.38. The van der Waals surface area contributed by atoms with Crippen LogP contribution in [0.25, 0.3) is 0 Å². The van der Waals surface area contributed by atoms with Crippen LogP contribution in [0.3, 0.4) is 0 Å². The van der Waals surface area contributed by atoms with Gasteiger partial charge in [0.15, 0.2) is 0 Å². The molecule has 6 heteroatoms. The second-order valence-corrected chi connectivity index (χ2v) is 5.34. The number of carbonyl (C=O) groups excluding carboxylic acids is 1. The molecular weight excluding hydrogens is 272 g/mol. The number of hydrogen-bond donors (Lipinski definition) is 2. The lowest BCUT2D eigenvalue weighted by Gasteiger charge is -2.39. The minimum absolute atomic E-state index is 0.353. The van der Waals surface area contributed by atoms with Crippen LogP contribution in [0.4, 0.5) is 4.79 Å². The molecule has 1 aliphatic carbocycles. The average molecular weight is 292 g/mol. The van der Waals surface area contributed by atoms with Crippen molar-refractivity contribution < 1.29 is 19.4 Å². The zero-order chi connectivity index (χ0) is 15.5. The number of aliphatic carboxylic acids is 1. The van der Waals surface area contributed by atoms with E-state index in [2.05, 4.69) is 5.32 Å². The van der Waals surface area contributed by atoms with Crippen molar-refractivity contribution in [2.24, 2.45) is 0 Å². The lowest BCUT2D eigenvalue weighted by molar-refractivity contribution is -0.148. The topological polar surface area (TPSA) is 78.9 Å². The maximum atomic E-state index is 12.2. The molecule has 0 aliphatic heterocycles. The van der Waals surface area contributed by atoms with Gasteiger partial charge in [-0.3, -0.25) is 0 Å². The molecule has 1 aromatic carbocycles. The number of hydrogen-bond acceptors (Lipinski definition) is 3. The van der Waals surface area contributed by atoms with E-state index in [4.69, 9.17) is 4.74 Å². The Hall–Kier alpha value is -2.24. The van der Waals surface area contributed by atoms with E-state index in [1.165, 1.54) is 4.90 Å². The summed E-state index contributed by atoms with van der Waals surface area (Å²) < 4.78 is 5.24. The van der Waals surface area contributed by atoms with Gasteiger partial charge in [-0.05, 0) is 25.3 Å². The number of rotatable bonds is 5. The van der Waals surface area contributed by atoms with E-state index in [0.717, 1.165) is 12.0 Å². The molecule has 2 rings (SSSR count). The Kier molecular flexibility index (Phi) is 4.35. The van der Waals surface area contributed by atoms with Crippen LogP contribution in [0.5, 0.6) is 5.75 Å². The minimum Gasteiger partial charge on any atom is -0.496 e. The molecule has 1 fully saturated rings. The summed E-state index contributed by atoms with van der Waals surface area (Å²) in [5.74, 6) is -0.262. The number of amides is 2. The molecule has 0 spiro atoms. The maximum Gasteiger partial charge on any atom is 0.329 e. The van der Waals surface area contributed by atoms with E-state index in [1.54, 1.807) is 14.2 Å². The molecule has 0 unspecified atom stereocenters. The summed E-state index contributed by atoms with van der Waals surface area (Å²) in [6, 6.07) is 7.04. The van der Waals surface area contributed by atoms with E-state index in [1.807, 2.05) is 24.3 Å². The van der Waals surface area contributed by atoms with Crippen molar-refractivity contribution in [1.82, 2.24) is 10.2 Å². The van der Waals surface area contributed by atoms with Crippen molar-refractivity contribution >= 4 is 12.0 Å². The molecule has 0 saturated heterocycles. The quantitative estimate of drug-likeness (QED) is 0.868. The summed E-state index contributed by atoms with van der Waals surface area (Å²) in [6.07, 6.45) is 1.79. The zero-order valence-corrected chi connectivity index (χ0v) is 12.3. The number of methoxy groups -OCH3 is 1. The SMILES string of the molecule is COc1ccccc1CN(C)C(=O)NC1(C(=O)O)CCC1. The first-order chi connectivity index (χ1) is 9.98. The Balaban J connectivity index is 2.01. The number of para-hydroxylation sites is 1. The van der Waals surface area contributed by atoms with Gasteiger partial charge < -0.3 is 20.1 Å². The predicted octanol–water partition coefficient (Wildman–Crippen LogP) is 1.84. The van der Waals surface area contributed by atoms with Gasteiger partial charge in [0.2, 0.25) is 0 Å². The fraction of sp³-hybridized carbons (Fsp3) is 0.467. The summed E-state index contributed by atoms with van der Waals surface area (Å²) in [4.78, 5) is 24.9. The summed E-state index contributed by atoms with van der Waals surface area (Å²) in [5, 5.41) is 11.9. The van der Waals surface area contributed by atoms with E-state index in [-0.39, 0.29) is 6.03 Å². The predicted molar refractivity (Wildman–Crippen MR) is 77.2 cm³/mol. The highest BCUT2D eigenvalue weighted by molar-refractivity contribution is 5.87. The third-order valence-electron chi connectivity index (χ3n) is 3.91. The van der Waals surface area contributed by atoms with E-state index < -0.39 is 11.5 Å². The Bertz CT molecular complexity index is 540. The van der Waals surface area contributed by atoms with Crippen molar-refractivity contribution in [1.29, 1.82) is 0 Å². The van der Waals surface area contributed by atoms with Crippen LogP contribution in [-0.2, 0) is 11.3 Å². The van der Waals surface area contributed by atoms with Gasteiger partial charge in [0.1, 0.15) is 11.3 Å². The number of carboxylic acid groups (broad SMARTS) is 1. The van der Waals surface area contributed by atoms with Crippen LogP contribution in [0.15, 0.2) is 24.3 Å². The smallest absolute Gasteiger partial charge is 0.329 e. The number of urea groups is 1. The second kappa shape index (κ2) is 6.03. The molecule has 2 N–H and O–H groups in total. The maximum absolute atomic E-state index is 12.2. The number of benzene rings is 1. The number of nitrogens with one attached hydrogen (secondary N) is 1. The highest BCUT2D eigenvalue weighted by Crippen LogP contribution is 2.32. The van der Waals surface area contributed by atoms with Crippen LogP contribution >= 0.6 is 0 Å². The highest BCUT2D eigenvalue weighted by Gasteiger charge is 2.46. The highest BCUT2D eigenvalue weighted by atomic mass is 16.5.